The van der Waals surface area contributed by atoms with E-state index >= 15 is 0 Å². The van der Waals surface area contributed by atoms with Crippen LogP contribution in [0, 0.1) is 6.92 Å². The van der Waals surface area contributed by atoms with Gasteiger partial charge in [-0.25, -0.2) is 4.79 Å². The zero-order chi connectivity index (χ0) is 18.6. The number of rotatable bonds is 6. The highest BCUT2D eigenvalue weighted by atomic mass is 35.5. The maximum Gasteiger partial charge on any atom is 0.352 e. The maximum atomic E-state index is 12.5. The highest BCUT2D eigenvalue weighted by Crippen LogP contribution is 2.17. The molecule has 1 aromatic heterocycles. The highest BCUT2D eigenvalue weighted by Gasteiger charge is 2.19. The predicted molar refractivity (Wildman–Crippen MR) is 93.7 cm³/mol. The Balaban J connectivity index is 2.59. The fraction of sp³-hybridized carbons (Fsp3) is 0.375. The number of aromatic nitrogens is 3. The van der Waals surface area contributed by atoms with E-state index in [2.05, 4.69) is 10.4 Å². The van der Waals surface area contributed by atoms with Gasteiger partial charge in [0.25, 0.3) is 11.5 Å². The zero-order valence-corrected chi connectivity index (χ0v) is 15.0. The van der Waals surface area contributed by atoms with E-state index < -0.39 is 17.2 Å². The van der Waals surface area contributed by atoms with Crippen LogP contribution in [-0.4, -0.2) is 40.5 Å². The lowest BCUT2D eigenvalue weighted by Crippen LogP contribution is -2.45. The van der Waals surface area contributed by atoms with Gasteiger partial charge in [-0.05, 0) is 31.5 Å². The summed E-state index contributed by atoms with van der Waals surface area (Å²) in [6.07, 6.45) is 0. The molecule has 0 fully saturated rings. The van der Waals surface area contributed by atoms with Crippen LogP contribution in [0.25, 0.3) is 5.69 Å². The first kappa shape index (κ1) is 18.9. The lowest BCUT2D eigenvalue weighted by atomic mass is 10.2. The Hall–Kier alpha value is -2.45. The summed E-state index contributed by atoms with van der Waals surface area (Å²) < 4.78 is 6.80. The van der Waals surface area contributed by atoms with Crippen molar-refractivity contribution >= 4 is 17.5 Å². The van der Waals surface area contributed by atoms with E-state index in [9.17, 15) is 14.4 Å². The minimum absolute atomic E-state index is 0.109. The van der Waals surface area contributed by atoms with Crippen molar-refractivity contribution in [2.45, 2.75) is 20.4 Å². The molecule has 9 heteroatoms. The summed E-state index contributed by atoms with van der Waals surface area (Å²) in [5.74, 6) is -0.670. The van der Waals surface area contributed by atoms with Gasteiger partial charge in [-0.1, -0.05) is 17.7 Å². The van der Waals surface area contributed by atoms with Gasteiger partial charge in [-0.2, -0.15) is 9.78 Å². The number of benzene rings is 1. The number of carbonyl (C=O) groups is 1. The zero-order valence-electron chi connectivity index (χ0n) is 14.2. The van der Waals surface area contributed by atoms with Crippen molar-refractivity contribution in [3.05, 3.63) is 55.3 Å². The van der Waals surface area contributed by atoms with E-state index in [1.165, 1.54) is 7.11 Å². The monoisotopic (exact) mass is 366 g/mol. The van der Waals surface area contributed by atoms with Gasteiger partial charge in [-0.15, -0.1) is 0 Å². The van der Waals surface area contributed by atoms with E-state index in [4.69, 9.17) is 16.3 Å². The first-order chi connectivity index (χ1) is 11.9. The Morgan fingerprint density at radius 1 is 1.36 bits per heavy atom. The fourth-order valence-corrected chi connectivity index (χ4v) is 2.34. The van der Waals surface area contributed by atoms with Crippen molar-refractivity contribution < 1.29 is 9.53 Å². The molecule has 2 aromatic rings. The lowest BCUT2D eigenvalue weighted by Gasteiger charge is -2.11. The first-order valence-corrected chi connectivity index (χ1v) is 8.06. The standard InChI is InChI=1S/C16H19ClN4O4/c1-4-20-15(23)13(14(22)18-7-8-25-3)19-21(16(20)24)11-6-5-10(2)12(17)9-11/h5-6,9H,4,7-8H2,1-3H3,(H,18,22). The Kier molecular flexibility index (Phi) is 6.11. The molecule has 1 aromatic carbocycles. The van der Waals surface area contributed by atoms with Crippen LogP contribution < -0.4 is 16.6 Å². The van der Waals surface area contributed by atoms with Gasteiger partial charge in [0.15, 0.2) is 0 Å². The van der Waals surface area contributed by atoms with Crippen LogP contribution >= 0.6 is 11.6 Å². The van der Waals surface area contributed by atoms with Gasteiger partial charge in [0.2, 0.25) is 5.69 Å². The quantitative estimate of drug-likeness (QED) is 0.761. The summed E-state index contributed by atoms with van der Waals surface area (Å²) in [5.41, 5.74) is -0.541. The normalized spacial score (nSPS) is 10.7. The molecule has 0 radical (unpaired) electrons. The summed E-state index contributed by atoms with van der Waals surface area (Å²) in [7, 11) is 1.50. The molecular formula is C16H19ClN4O4. The summed E-state index contributed by atoms with van der Waals surface area (Å²) in [6, 6.07) is 4.93. The maximum absolute atomic E-state index is 12.5. The van der Waals surface area contributed by atoms with Crippen LogP contribution in [0.3, 0.4) is 0 Å². The minimum Gasteiger partial charge on any atom is -0.383 e. The van der Waals surface area contributed by atoms with Crippen molar-refractivity contribution in [2.24, 2.45) is 0 Å². The van der Waals surface area contributed by atoms with Gasteiger partial charge in [0.05, 0.1) is 12.3 Å². The molecular weight excluding hydrogens is 348 g/mol. The van der Waals surface area contributed by atoms with E-state index in [0.29, 0.717) is 17.3 Å². The van der Waals surface area contributed by atoms with Crippen LogP contribution in [0.15, 0.2) is 27.8 Å². The first-order valence-electron chi connectivity index (χ1n) is 7.68. The third-order valence-electron chi connectivity index (χ3n) is 3.58. The van der Waals surface area contributed by atoms with E-state index in [1.807, 2.05) is 6.92 Å². The van der Waals surface area contributed by atoms with E-state index in [1.54, 1.807) is 25.1 Å². The number of hydrogen-bond donors (Lipinski definition) is 1. The topological polar surface area (TPSA) is 95.2 Å². The van der Waals surface area contributed by atoms with Crippen molar-refractivity contribution in [3.63, 3.8) is 0 Å². The summed E-state index contributed by atoms with van der Waals surface area (Å²) in [6.45, 7) is 4.09. The molecule has 2 rings (SSSR count). The molecule has 0 aliphatic rings. The van der Waals surface area contributed by atoms with Gasteiger partial charge in [0, 0.05) is 25.2 Å². The molecule has 8 nitrogen and oxygen atoms in total. The van der Waals surface area contributed by atoms with Crippen LogP contribution in [0.1, 0.15) is 23.0 Å². The van der Waals surface area contributed by atoms with Gasteiger partial charge >= 0.3 is 5.69 Å². The average Bonchev–Trinajstić information content (AvgIpc) is 2.58. The number of nitrogens with zero attached hydrogens (tertiary/aromatic N) is 3. The Labute approximate surface area is 149 Å². The number of aryl methyl sites for hydroxylation is 1. The molecule has 134 valence electrons. The smallest absolute Gasteiger partial charge is 0.352 e. The van der Waals surface area contributed by atoms with Crippen molar-refractivity contribution in [1.29, 1.82) is 0 Å². The molecule has 0 aliphatic carbocycles. The number of methoxy groups -OCH3 is 1. The third-order valence-corrected chi connectivity index (χ3v) is 3.99. The SMILES string of the molecule is CCn1c(=O)c(C(=O)NCCOC)nn(-c2ccc(C)c(Cl)c2)c1=O. The van der Waals surface area contributed by atoms with Crippen LogP contribution in [0.5, 0.6) is 0 Å². The number of carbonyl (C=O) groups excluding carboxylic acids is 1. The molecule has 1 heterocycles. The second-order valence-electron chi connectivity index (χ2n) is 5.27. The molecule has 1 amide bonds. The van der Waals surface area contributed by atoms with Crippen LogP contribution in [0.4, 0.5) is 0 Å². The number of ether oxygens (including phenoxy) is 1. The Bertz CT molecular complexity index is 904. The lowest BCUT2D eigenvalue weighted by molar-refractivity contribution is 0.0927. The number of nitrogens with one attached hydrogen (secondary N) is 1. The largest absolute Gasteiger partial charge is 0.383 e. The summed E-state index contributed by atoms with van der Waals surface area (Å²) in [4.78, 5) is 37.1. The van der Waals surface area contributed by atoms with Crippen molar-refractivity contribution in [3.8, 4) is 5.69 Å². The van der Waals surface area contributed by atoms with E-state index in [0.717, 1.165) is 14.8 Å². The molecule has 1 N–H and O–H groups in total. The summed E-state index contributed by atoms with van der Waals surface area (Å²) >= 11 is 6.10. The highest BCUT2D eigenvalue weighted by molar-refractivity contribution is 6.31. The van der Waals surface area contributed by atoms with Gasteiger partial charge < -0.3 is 10.1 Å². The number of amides is 1. The molecule has 0 bridgehead atoms. The fourth-order valence-electron chi connectivity index (χ4n) is 2.17. The Morgan fingerprint density at radius 2 is 2.08 bits per heavy atom. The molecule has 25 heavy (non-hydrogen) atoms. The third kappa shape index (κ3) is 3.97. The van der Waals surface area contributed by atoms with E-state index in [-0.39, 0.29) is 18.8 Å². The minimum atomic E-state index is -0.739. The molecule has 0 saturated carbocycles. The molecule has 0 atom stereocenters. The summed E-state index contributed by atoms with van der Waals surface area (Å²) in [5, 5.41) is 6.94. The second-order valence-corrected chi connectivity index (χ2v) is 5.68. The molecule has 0 aliphatic heterocycles. The second kappa shape index (κ2) is 8.09. The predicted octanol–water partition coefficient (Wildman–Crippen LogP) is 0.752. The van der Waals surface area contributed by atoms with Crippen molar-refractivity contribution in [2.75, 3.05) is 20.3 Å². The van der Waals surface area contributed by atoms with Crippen LogP contribution in [0.2, 0.25) is 5.02 Å². The molecule has 0 unspecified atom stereocenters. The number of halogens is 1. The molecule has 0 spiro atoms. The number of hydrogen-bond acceptors (Lipinski definition) is 5. The van der Waals surface area contributed by atoms with Gasteiger partial charge in [-0.3, -0.25) is 14.2 Å². The van der Waals surface area contributed by atoms with Crippen molar-refractivity contribution in [1.82, 2.24) is 19.7 Å². The van der Waals surface area contributed by atoms with Gasteiger partial charge in [0.1, 0.15) is 0 Å². The van der Waals surface area contributed by atoms with Crippen LogP contribution in [-0.2, 0) is 11.3 Å². The molecule has 0 saturated heterocycles. The average molecular weight is 367 g/mol. The Morgan fingerprint density at radius 3 is 2.68 bits per heavy atom.